The van der Waals surface area contributed by atoms with Crippen LogP contribution < -0.4 is 20.9 Å². The van der Waals surface area contributed by atoms with Gasteiger partial charge in [0.15, 0.2) is 5.75 Å². The monoisotopic (exact) mass is 377 g/mol. The molecule has 6 heteroatoms. The number of anilines is 1. The van der Waals surface area contributed by atoms with E-state index in [2.05, 4.69) is 5.32 Å². The predicted octanol–water partition coefficient (Wildman–Crippen LogP) is 3.43. The highest BCUT2D eigenvalue weighted by molar-refractivity contribution is 5.88. The van der Waals surface area contributed by atoms with Crippen LogP contribution in [0.15, 0.2) is 58.1 Å². The Morgan fingerprint density at radius 2 is 1.54 bits per heavy atom. The van der Waals surface area contributed by atoms with E-state index >= 15 is 0 Å². The Balaban J connectivity index is 1.49. The van der Waals surface area contributed by atoms with E-state index in [1.165, 1.54) is 0 Å². The minimum atomic E-state index is -0.789. The molecule has 0 aromatic heterocycles. The second kappa shape index (κ2) is 6.96. The standard InChI is InChI=1S/C22H19NO5/c1-12(2)28-21-18(19(24)20(21)25)23-22(26)27-11-17-15-9-5-3-7-13(15)14-8-4-6-10-16(14)17/h3-10,12,17H,11H2,1-2H3,(H,23,26). The molecule has 0 saturated carbocycles. The van der Waals surface area contributed by atoms with Crippen molar-refractivity contribution < 1.29 is 14.3 Å². The number of carbonyl (C=O) groups excluding carboxylic acids is 1. The lowest BCUT2D eigenvalue weighted by Gasteiger charge is -2.17. The normalized spacial score (nSPS) is 12.7. The molecule has 1 aliphatic carbocycles. The van der Waals surface area contributed by atoms with Crippen LogP contribution in [0, 0.1) is 0 Å². The maximum atomic E-state index is 12.2. The number of carbonyl (C=O) groups is 1. The summed E-state index contributed by atoms with van der Waals surface area (Å²) in [5.41, 5.74) is 2.79. The van der Waals surface area contributed by atoms with Crippen molar-refractivity contribution in [2.75, 3.05) is 11.9 Å². The van der Waals surface area contributed by atoms with Crippen molar-refractivity contribution in [2.45, 2.75) is 25.9 Å². The van der Waals surface area contributed by atoms with Crippen molar-refractivity contribution in [3.05, 3.63) is 80.1 Å². The van der Waals surface area contributed by atoms with Gasteiger partial charge < -0.3 is 9.47 Å². The molecule has 3 aromatic carbocycles. The fraction of sp³-hybridized carbons (Fsp3) is 0.227. The quantitative estimate of drug-likeness (QED) is 0.689. The van der Waals surface area contributed by atoms with Gasteiger partial charge in [0, 0.05) is 5.92 Å². The van der Waals surface area contributed by atoms with Gasteiger partial charge in [0.25, 0.3) is 10.9 Å². The molecule has 0 atom stereocenters. The number of benzene rings is 2. The van der Waals surface area contributed by atoms with Crippen molar-refractivity contribution in [2.24, 2.45) is 0 Å². The average molecular weight is 377 g/mol. The van der Waals surface area contributed by atoms with Crippen LogP contribution in [-0.2, 0) is 4.74 Å². The van der Waals surface area contributed by atoms with E-state index in [1.54, 1.807) is 13.8 Å². The summed E-state index contributed by atoms with van der Waals surface area (Å²) in [7, 11) is 0. The van der Waals surface area contributed by atoms with Gasteiger partial charge in [-0.3, -0.25) is 14.9 Å². The zero-order valence-electron chi connectivity index (χ0n) is 15.5. The molecule has 6 nitrogen and oxygen atoms in total. The van der Waals surface area contributed by atoms with E-state index in [-0.39, 0.29) is 30.1 Å². The molecule has 0 bridgehead atoms. The van der Waals surface area contributed by atoms with Crippen molar-refractivity contribution in [1.82, 2.24) is 0 Å². The molecule has 0 radical (unpaired) electrons. The van der Waals surface area contributed by atoms with Gasteiger partial charge in [-0.1, -0.05) is 48.5 Å². The smallest absolute Gasteiger partial charge is 0.411 e. The first-order chi connectivity index (χ1) is 13.5. The summed E-state index contributed by atoms with van der Waals surface area (Å²) in [4.78, 5) is 35.5. The van der Waals surface area contributed by atoms with E-state index in [9.17, 15) is 14.4 Å². The van der Waals surface area contributed by atoms with Gasteiger partial charge in [-0.2, -0.15) is 0 Å². The molecule has 0 aliphatic heterocycles. The van der Waals surface area contributed by atoms with Crippen LogP contribution in [0.4, 0.5) is 10.5 Å². The first-order valence-electron chi connectivity index (χ1n) is 9.09. The lowest BCUT2D eigenvalue weighted by Crippen LogP contribution is -2.38. The van der Waals surface area contributed by atoms with E-state index in [4.69, 9.17) is 9.47 Å². The van der Waals surface area contributed by atoms with E-state index in [0.717, 1.165) is 22.3 Å². The third-order valence-corrected chi connectivity index (χ3v) is 4.79. The van der Waals surface area contributed by atoms with Crippen LogP contribution in [0.3, 0.4) is 0 Å². The van der Waals surface area contributed by atoms with Crippen LogP contribution >= 0.6 is 0 Å². The van der Waals surface area contributed by atoms with Gasteiger partial charge in [0.2, 0.25) is 0 Å². The molecule has 0 unspecified atom stereocenters. The molecule has 142 valence electrons. The van der Waals surface area contributed by atoms with E-state index in [0.29, 0.717) is 0 Å². The second-order valence-electron chi connectivity index (χ2n) is 6.98. The lowest BCUT2D eigenvalue weighted by molar-refractivity contribution is 0.158. The highest BCUT2D eigenvalue weighted by atomic mass is 16.5. The van der Waals surface area contributed by atoms with Gasteiger partial charge in [-0.05, 0) is 36.1 Å². The van der Waals surface area contributed by atoms with Crippen molar-refractivity contribution >= 4 is 11.8 Å². The molecule has 28 heavy (non-hydrogen) atoms. The van der Waals surface area contributed by atoms with E-state index < -0.39 is 17.0 Å². The van der Waals surface area contributed by atoms with Crippen molar-refractivity contribution in [3.63, 3.8) is 0 Å². The van der Waals surface area contributed by atoms with Crippen LogP contribution in [0.25, 0.3) is 11.1 Å². The molecule has 0 saturated heterocycles. The maximum Gasteiger partial charge on any atom is 0.411 e. The summed E-state index contributed by atoms with van der Waals surface area (Å²) in [5, 5.41) is 2.35. The predicted molar refractivity (Wildman–Crippen MR) is 106 cm³/mol. The third kappa shape index (κ3) is 2.97. The average Bonchev–Trinajstić information content (AvgIpc) is 3.02. The summed E-state index contributed by atoms with van der Waals surface area (Å²) < 4.78 is 10.7. The lowest BCUT2D eigenvalue weighted by atomic mass is 9.98. The molecule has 1 amide bonds. The van der Waals surface area contributed by atoms with Gasteiger partial charge in [-0.25, -0.2) is 4.79 Å². The number of fused-ring (bicyclic) bond motifs is 3. The van der Waals surface area contributed by atoms with Crippen molar-refractivity contribution in [1.29, 1.82) is 0 Å². The number of nitrogens with one attached hydrogen (secondary N) is 1. The number of rotatable bonds is 5. The topological polar surface area (TPSA) is 81.7 Å². The van der Waals surface area contributed by atoms with Crippen LogP contribution in [0.1, 0.15) is 30.9 Å². The Morgan fingerprint density at radius 1 is 0.964 bits per heavy atom. The molecule has 1 aliphatic rings. The number of hydrogen-bond donors (Lipinski definition) is 1. The first kappa shape index (κ1) is 18.0. The molecule has 4 rings (SSSR count). The zero-order valence-corrected chi connectivity index (χ0v) is 15.5. The third-order valence-electron chi connectivity index (χ3n) is 4.79. The Bertz CT molecular complexity index is 1080. The summed E-state index contributed by atoms with van der Waals surface area (Å²) in [5.74, 6) is -0.203. The Kier molecular flexibility index (Phi) is 4.47. The van der Waals surface area contributed by atoms with Gasteiger partial charge in [0.05, 0.1) is 6.10 Å². The first-order valence-corrected chi connectivity index (χ1v) is 9.09. The molecular formula is C22H19NO5. The summed E-state index contributed by atoms with van der Waals surface area (Å²) in [6, 6.07) is 16.0. The Hall–Kier alpha value is -3.41. The maximum absolute atomic E-state index is 12.2. The summed E-state index contributed by atoms with van der Waals surface area (Å²) in [6.07, 6.45) is -1.08. The molecule has 0 spiro atoms. The highest BCUT2D eigenvalue weighted by Crippen LogP contribution is 2.44. The molecule has 0 fully saturated rings. The van der Waals surface area contributed by atoms with Crippen molar-refractivity contribution in [3.8, 4) is 16.9 Å². The largest absolute Gasteiger partial charge is 0.485 e. The highest BCUT2D eigenvalue weighted by Gasteiger charge is 2.30. The van der Waals surface area contributed by atoms with Crippen LogP contribution in [0.5, 0.6) is 5.75 Å². The van der Waals surface area contributed by atoms with Crippen LogP contribution in [0.2, 0.25) is 0 Å². The molecule has 3 aromatic rings. The number of ether oxygens (including phenoxy) is 2. The summed E-state index contributed by atoms with van der Waals surface area (Å²) in [6.45, 7) is 3.58. The molecule has 0 heterocycles. The zero-order chi connectivity index (χ0) is 19.8. The fourth-order valence-corrected chi connectivity index (χ4v) is 3.57. The summed E-state index contributed by atoms with van der Waals surface area (Å²) >= 11 is 0. The Morgan fingerprint density at radius 3 is 2.11 bits per heavy atom. The minimum Gasteiger partial charge on any atom is -0.485 e. The SMILES string of the molecule is CC(C)Oc1c(NC(=O)OCC2c3ccccc3-c3ccccc32)c(=O)c1=O. The second-order valence-corrected chi connectivity index (χ2v) is 6.98. The number of hydrogen-bond acceptors (Lipinski definition) is 5. The van der Waals surface area contributed by atoms with Gasteiger partial charge >= 0.3 is 6.09 Å². The van der Waals surface area contributed by atoms with Gasteiger partial charge in [-0.15, -0.1) is 0 Å². The fourth-order valence-electron chi connectivity index (χ4n) is 3.57. The van der Waals surface area contributed by atoms with Crippen LogP contribution in [-0.4, -0.2) is 18.8 Å². The Labute approximate surface area is 161 Å². The minimum absolute atomic E-state index is 0.0859. The molecular weight excluding hydrogens is 358 g/mol. The number of amides is 1. The van der Waals surface area contributed by atoms with E-state index in [1.807, 2.05) is 48.5 Å². The van der Waals surface area contributed by atoms with Gasteiger partial charge in [0.1, 0.15) is 12.3 Å². The molecule has 1 N–H and O–H groups in total.